The molecule has 1 heterocycles. The topological polar surface area (TPSA) is 98.3 Å². The summed E-state index contributed by atoms with van der Waals surface area (Å²) in [6.45, 7) is 0. The molecule has 0 aromatic heterocycles. The molecule has 1 aliphatic heterocycles. The van der Waals surface area contributed by atoms with E-state index in [1.165, 1.54) is 33.1 Å². The molecule has 2 aromatic rings. The molecule has 0 bridgehead atoms. The Bertz CT molecular complexity index is 1090. The molecule has 32 heavy (non-hydrogen) atoms. The smallest absolute Gasteiger partial charge is 0.311 e. The normalized spacial score (nSPS) is 12.4. The third-order valence-electron chi connectivity index (χ3n) is 4.39. The molecule has 0 saturated heterocycles. The third-order valence-corrected chi connectivity index (χ3v) is 5.60. The highest BCUT2D eigenvalue weighted by atomic mass is 35.5. The molecular weight excluding hydrogens is 454 g/mol. The van der Waals surface area contributed by atoms with Crippen LogP contribution in [0.2, 0.25) is 5.02 Å². The summed E-state index contributed by atoms with van der Waals surface area (Å²) in [5, 5.41) is 6.92. The van der Waals surface area contributed by atoms with Crippen molar-refractivity contribution in [3.8, 4) is 11.5 Å². The molecule has 0 fully saturated rings. The van der Waals surface area contributed by atoms with Crippen molar-refractivity contribution in [2.24, 2.45) is 4.99 Å². The minimum atomic E-state index is -0.381. The number of benzene rings is 2. The maximum atomic E-state index is 12.6. The number of carbonyl (C=O) groups is 2. The summed E-state index contributed by atoms with van der Waals surface area (Å²) in [6, 6.07) is 10.6. The lowest BCUT2D eigenvalue weighted by Gasteiger charge is -2.13. The molecule has 0 atom stereocenters. The van der Waals surface area contributed by atoms with Crippen LogP contribution < -0.4 is 20.1 Å². The first-order valence-corrected chi connectivity index (χ1v) is 10.9. The van der Waals surface area contributed by atoms with Gasteiger partial charge in [-0.25, -0.2) is 4.99 Å². The van der Waals surface area contributed by atoms with E-state index < -0.39 is 0 Å². The molecule has 2 aromatic carbocycles. The number of rotatable bonds is 7. The minimum Gasteiger partial charge on any atom is -0.495 e. The number of esters is 1. The van der Waals surface area contributed by atoms with Crippen LogP contribution in [0.1, 0.15) is 6.42 Å². The molecule has 1 amide bonds. The van der Waals surface area contributed by atoms with Crippen molar-refractivity contribution in [1.82, 2.24) is 0 Å². The number of methoxy groups -OCH3 is 3. The Balaban J connectivity index is 1.75. The van der Waals surface area contributed by atoms with E-state index in [4.69, 9.17) is 25.8 Å². The fourth-order valence-corrected chi connectivity index (χ4v) is 3.85. The Morgan fingerprint density at radius 3 is 2.59 bits per heavy atom. The number of fused-ring (bicyclic) bond motifs is 1. The van der Waals surface area contributed by atoms with Crippen LogP contribution in [-0.4, -0.2) is 44.0 Å². The van der Waals surface area contributed by atoms with Crippen LogP contribution in [0, 0.1) is 0 Å². The van der Waals surface area contributed by atoms with Crippen LogP contribution in [0.5, 0.6) is 11.5 Å². The molecule has 1 aliphatic rings. The molecule has 0 saturated carbocycles. The van der Waals surface area contributed by atoms with Gasteiger partial charge in [-0.15, -0.1) is 0 Å². The van der Waals surface area contributed by atoms with E-state index in [0.29, 0.717) is 38.6 Å². The minimum absolute atomic E-state index is 0.0537. The number of thioether (sulfide) groups is 1. The van der Waals surface area contributed by atoms with Gasteiger partial charge in [-0.3, -0.25) is 9.59 Å². The second-order valence-corrected chi connectivity index (χ2v) is 7.94. The fourth-order valence-electron chi connectivity index (χ4n) is 2.87. The SMILES string of the molecule is COC(=O)CC1=CC(SCC(=O)Nc2cc(Cl)c(OC)cc2OC)=Nc2ccccc2N1. The number of para-hydroxylation sites is 2. The molecule has 0 spiro atoms. The zero-order chi connectivity index (χ0) is 23.1. The molecule has 8 nitrogen and oxygen atoms in total. The van der Waals surface area contributed by atoms with Crippen LogP contribution in [0.3, 0.4) is 0 Å². The quantitative estimate of drug-likeness (QED) is 0.563. The molecule has 3 rings (SSSR count). The number of hydrogen-bond donors (Lipinski definition) is 2. The van der Waals surface area contributed by atoms with Gasteiger partial charge < -0.3 is 24.8 Å². The predicted octanol–water partition coefficient (Wildman–Crippen LogP) is 4.63. The van der Waals surface area contributed by atoms with Gasteiger partial charge in [0.2, 0.25) is 5.91 Å². The van der Waals surface area contributed by atoms with Gasteiger partial charge in [0.25, 0.3) is 0 Å². The van der Waals surface area contributed by atoms with Gasteiger partial charge in [0.15, 0.2) is 0 Å². The summed E-state index contributed by atoms with van der Waals surface area (Å²) in [4.78, 5) is 29.0. The van der Waals surface area contributed by atoms with Gasteiger partial charge in [-0.05, 0) is 24.3 Å². The van der Waals surface area contributed by atoms with Crippen molar-refractivity contribution < 1.29 is 23.8 Å². The van der Waals surface area contributed by atoms with Gasteiger partial charge in [0.05, 0.1) is 60.6 Å². The lowest BCUT2D eigenvalue weighted by molar-refractivity contribution is -0.139. The maximum Gasteiger partial charge on any atom is 0.311 e. The van der Waals surface area contributed by atoms with Crippen molar-refractivity contribution in [2.45, 2.75) is 6.42 Å². The van der Waals surface area contributed by atoms with Gasteiger partial charge in [-0.1, -0.05) is 35.5 Å². The third kappa shape index (κ3) is 5.95. The van der Waals surface area contributed by atoms with E-state index in [1.807, 2.05) is 24.3 Å². The van der Waals surface area contributed by atoms with E-state index in [1.54, 1.807) is 18.2 Å². The summed E-state index contributed by atoms with van der Waals surface area (Å²) < 4.78 is 15.2. The lowest BCUT2D eigenvalue weighted by atomic mass is 10.2. The Morgan fingerprint density at radius 2 is 1.88 bits per heavy atom. The second kappa shape index (κ2) is 10.9. The number of amides is 1. The predicted molar refractivity (Wildman–Crippen MR) is 128 cm³/mol. The molecule has 2 N–H and O–H groups in total. The Labute approximate surface area is 195 Å². The Morgan fingerprint density at radius 1 is 1.12 bits per heavy atom. The monoisotopic (exact) mass is 475 g/mol. The molecular formula is C22H22ClN3O5S. The standard InChI is InChI=1S/C22H22ClN3O5S/c1-29-18-11-19(30-2)17(10-14(18)23)25-20(27)12-32-21-8-13(9-22(28)31-3)24-15-6-4-5-7-16(15)26-21/h4-8,10-11,24H,9,12H2,1-3H3,(H,25,27). The first-order valence-electron chi connectivity index (χ1n) is 9.49. The second-order valence-electron chi connectivity index (χ2n) is 6.54. The zero-order valence-corrected chi connectivity index (χ0v) is 19.3. The van der Waals surface area contributed by atoms with Gasteiger partial charge in [-0.2, -0.15) is 0 Å². The number of nitrogens with one attached hydrogen (secondary N) is 2. The van der Waals surface area contributed by atoms with Gasteiger partial charge in [0, 0.05) is 11.8 Å². The Hall–Kier alpha value is -3.17. The maximum absolute atomic E-state index is 12.6. The molecule has 0 radical (unpaired) electrons. The van der Waals surface area contributed by atoms with Gasteiger partial charge in [0.1, 0.15) is 11.5 Å². The first-order chi connectivity index (χ1) is 15.4. The highest BCUT2D eigenvalue weighted by Crippen LogP contribution is 2.36. The van der Waals surface area contributed by atoms with Gasteiger partial charge >= 0.3 is 5.97 Å². The molecule has 168 valence electrons. The van der Waals surface area contributed by atoms with Crippen molar-refractivity contribution in [2.75, 3.05) is 37.7 Å². The van der Waals surface area contributed by atoms with E-state index in [-0.39, 0.29) is 24.1 Å². The summed E-state index contributed by atoms with van der Waals surface area (Å²) in [7, 11) is 4.32. The van der Waals surface area contributed by atoms with Crippen molar-refractivity contribution in [3.63, 3.8) is 0 Å². The number of anilines is 2. The largest absolute Gasteiger partial charge is 0.495 e. The van der Waals surface area contributed by atoms with E-state index in [2.05, 4.69) is 15.6 Å². The van der Waals surface area contributed by atoms with E-state index in [0.717, 1.165) is 5.69 Å². The number of aliphatic imine (C=N–C) groups is 1. The number of carbonyl (C=O) groups excluding carboxylic acids is 2. The lowest BCUT2D eigenvalue weighted by Crippen LogP contribution is -2.16. The number of hydrogen-bond acceptors (Lipinski definition) is 8. The average molecular weight is 476 g/mol. The Kier molecular flexibility index (Phi) is 8.02. The van der Waals surface area contributed by atoms with E-state index in [9.17, 15) is 9.59 Å². The molecule has 0 unspecified atom stereocenters. The zero-order valence-electron chi connectivity index (χ0n) is 17.7. The highest BCUT2D eigenvalue weighted by molar-refractivity contribution is 8.14. The highest BCUT2D eigenvalue weighted by Gasteiger charge is 2.17. The van der Waals surface area contributed by atoms with Crippen molar-refractivity contribution >= 4 is 57.3 Å². The van der Waals surface area contributed by atoms with Crippen LogP contribution in [0.25, 0.3) is 0 Å². The van der Waals surface area contributed by atoms with Crippen LogP contribution in [0.4, 0.5) is 17.1 Å². The molecule has 0 aliphatic carbocycles. The number of halogens is 1. The van der Waals surface area contributed by atoms with Crippen LogP contribution in [0.15, 0.2) is 53.2 Å². The summed E-state index contributed by atoms with van der Waals surface area (Å²) >= 11 is 7.40. The number of ether oxygens (including phenoxy) is 3. The average Bonchev–Trinajstić information content (AvgIpc) is 2.96. The summed E-state index contributed by atoms with van der Waals surface area (Å²) in [6.07, 6.45) is 1.79. The summed E-state index contributed by atoms with van der Waals surface area (Å²) in [5.74, 6) is 0.294. The molecule has 10 heteroatoms. The van der Waals surface area contributed by atoms with Crippen molar-refractivity contribution in [3.05, 3.63) is 53.2 Å². The summed E-state index contributed by atoms with van der Waals surface area (Å²) in [5.41, 5.74) is 2.52. The van der Waals surface area contributed by atoms with E-state index >= 15 is 0 Å². The van der Waals surface area contributed by atoms with Crippen LogP contribution >= 0.6 is 23.4 Å². The number of nitrogens with zero attached hydrogens (tertiary/aromatic N) is 1. The first kappa shape index (κ1) is 23.5. The fraction of sp³-hybridized carbons (Fsp3) is 0.227. The van der Waals surface area contributed by atoms with Crippen molar-refractivity contribution in [1.29, 1.82) is 0 Å². The van der Waals surface area contributed by atoms with Crippen LogP contribution in [-0.2, 0) is 14.3 Å².